The third-order valence-electron chi connectivity index (χ3n) is 2.50. The van der Waals surface area contributed by atoms with Gasteiger partial charge in [0.1, 0.15) is 0 Å². The Kier molecular flexibility index (Phi) is 4.13. The van der Waals surface area contributed by atoms with Crippen molar-refractivity contribution in [2.45, 2.75) is 20.4 Å². The molecule has 17 heavy (non-hydrogen) atoms. The molecule has 2 rings (SSSR count). The van der Waals surface area contributed by atoms with Gasteiger partial charge in [0.25, 0.3) is 0 Å². The van der Waals surface area contributed by atoms with Crippen LogP contribution in [-0.4, -0.2) is 0 Å². The van der Waals surface area contributed by atoms with E-state index < -0.39 is 0 Å². The molecule has 2 aromatic rings. The molecule has 0 amide bonds. The number of anilines is 1. The van der Waals surface area contributed by atoms with Gasteiger partial charge in [0, 0.05) is 25.8 Å². The van der Waals surface area contributed by atoms with Crippen LogP contribution in [0.1, 0.15) is 15.3 Å². The van der Waals surface area contributed by atoms with E-state index in [-0.39, 0.29) is 0 Å². The molecule has 0 saturated carbocycles. The van der Waals surface area contributed by atoms with E-state index in [1.54, 1.807) is 0 Å². The van der Waals surface area contributed by atoms with Gasteiger partial charge in [0.15, 0.2) is 0 Å². The molecule has 90 valence electrons. The number of rotatable bonds is 3. The Morgan fingerprint density at radius 2 is 2.06 bits per heavy atom. The summed E-state index contributed by atoms with van der Waals surface area (Å²) in [5.74, 6) is 0. The number of nitrogens with one attached hydrogen (secondary N) is 1. The van der Waals surface area contributed by atoms with Gasteiger partial charge in [-0.25, -0.2) is 0 Å². The SMILES string of the molecule is Cc1ccc(CNc2cc(Cl)c(C)cc2Br)s1. The first-order chi connectivity index (χ1) is 8.06. The molecular weight excluding hydrogens is 318 g/mol. The molecule has 1 aromatic heterocycles. The number of hydrogen-bond donors (Lipinski definition) is 1. The van der Waals surface area contributed by atoms with E-state index in [9.17, 15) is 0 Å². The molecule has 0 saturated heterocycles. The second-order valence-electron chi connectivity index (χ2n) is 3.95. The van der Waals surface area contributed by atoms with E-state index >= 15 is 0 Å². The highest BCUT2D eigenvalue weighted by Crippen LogP contribution is 2.29. The summed E-state index contributed by atoms with van der Waals surface area (Å²) < 4.78 is 1.05. The van der Waals surface area contributed by atoms with Gasteiger partial charge in [-0.05, 0) is 59.6 Å². The Bertz CT molecular complexity index is 536. The third-order valence-corrected chi connectivity index (χ3v) is 4.56. The lowest BCUT2D eigenvalue weighted by Gasteiger charge is -2.09. The maximum atomic E-state index is 6.11. The zero-order valence-corrected chi connectivity index (χ0v) is 12.8. The largest absolute Gasteiger partial charge is 0.379 e. The van der Waals surface area contributed by atoms with E-state index in [0.29, 0.717) is 0 Å². The second-order valence-corrected chi connectivity index (χ2v) is 6.58. The molecule has 1 N–H and O–H groups in total. The third kappa shape index (κ3) is 3.24. The summed E-state index contributed by atoms with van der Waals surface area (Å²) in [6, 6.07) is 8.28. The summed E-state index contributed by atoms with van der Waals surface area (Å²) in [6.07, 6.45) is 0. The topological polar surface area (TPSA) is 12.0 Å². The summed E-state index contributed by atoms with van der Waals surface area (Å²) in [7, 11) is 0. The number of hydrogen-bond acceptors (Lipinski definition) is 2. The molecule has 0 fully saturated rings. The fraction of sp³-hybridized carbons (Fsp3) is 0.231. The van der Waals surface area contributed by atoms with Crippen LogP contribution >= 0.6 is 38.9 Å². The Morgan fingerprint density at radius 1 is 1.29 bits per heavy atom. The van der Waals surface area contributed by atoms with Crippen molar-refractivity contribution >= 4 is 44.6 Å². The van der Waals surface area contributed by atoms with Gasteiger partial charge >= 0.3 is 0 Å². The summed E-state index contributed by atoms with van der Waals surface area (Å²) in [6.45, 7) is 4.95. The molecule has 0 aliphatic carbocycles. The lowest BCUT2D eigenvalue weighted by Crippen LogP contribution is -1.98. The van der Waals surface area contributed by atoms with Crippen molar-refractivity contribution < 1.29 is 0 Å². The molecule has 1 heterocycles. The van der Waals surface area contributed by atoms with Crippen molar-refractivity contribution in [3.63, 3.8) is 0 Å². The van der Waals surface area contributed by atoms with Crippen molar-refractivity contribution in [2.75, 3.05) is 5.32 Å². The van der Waals surface area contributed by atoms with Gasteiger partial charge in [0.05, 0.1) is 5.69 Å². The van der Waals surface area contributed by atoms with Crippen LogP contribution in [0, 0.1) is 13.8 Å². The van der Waals surface area contributed by atoms with E-state index in [4.69, 9.17) is 11.6 Å². The van der Waals surface area contributed by atoms with E-state index in [2.05, 4.69) is 40.3 Å². The zero-order chi connectivity index (χ0) is 12.4. The van der Waals surface area contributed by atoms with Gasteiger partial charge < -0.3 is 5.32 Å². The van der Waals surface area contributed by atoms with Gasteiger partial charge in [-0.1, -0.05) is 11.6 Å². The van der Waals surface area contributed by atoms with Crippen LogP contribution in [0.3, 0.4) is 0 Å². The van der Waals surface area contributed by atoms with Crippen LogP contribution in [0.25, 0.3) is 0 Å². The molecule has 0 bridgehead atoms. The maximum Gasteiger partial charge on any atom is 0.0502 e. The normalized spacial score (nSPS) is 10.6. The molecule has 0 unspecified atom stereocenters. The quantitative estimate of drug-likeness (QED) is 0.795. The number of halogens is 2. The predicted octanol–water partition coefficient (Wildman–Crippen LogP) is 5.39. The van der Waals surface area contributed by atoms with Crippen molar-refractivity contribution in [1.82, 2.24) is 0 Å². The van der Waals surface area contributed by atoms with Crippen LogP contribution in [-0.2, 0) is 6.54 Å². The highest BCUT2D eigenvalue weighted by Gasteiger charge is 2.04. The number of aryl methyl sites for hydroxylation is 2. The summed E-state index contributed by atoms with van der Waals surface area (Å²) >= 11 is 11.5. The molecule has 1 nitrogen and oxygen atoms in total. The first kappa shape index (κ1) is 12.9. The predicted molar refractivity (Wildman–Crippen MR) is 80.3 cm³/mol. The molecule has 0 atom stereocenters. The summed E-state index contributed by atoms with van der Waals surface area (Å²) in [5.41, 5.74) is 2.11. The van der Waals surface area contributed by atoms with Crippen molar-refractivity contribution in [1.29, 1.82) is 0 Å². The zero-order valence-electron chi connectivity index (χ0n) is 9.68. The Hall–Kier alpha value is -0.510. The number of thiophene rings is 1. The standard InChI is InChI=1S/C13H13BrClNS/c1-8-5-11(14)13(6-12(8)15)16-7-10-4-3-9(2)17-10/h3-6,16H,7H2,1-2H3. The van der Waals surface area contributed by atoms with Crippen molar-refractivity contribution in [3.05, 3.63) is 49.1 Å². The van der Waals surface area contributed by atoms with Gasteiger partial charge in [-0.2, -0.15) is 0 Å². The number of benzene rings is 1. The van der Waals surface area contributed by atoms with E-state index in [1.165, 1.54) is 9.75 Å². The van der Waals surface area contributed by atoms with Crippen molar-refractivity contribution in [3.8, 4) is 0 Å². The average Bonchev–Trinajstić information content (AvgIpc) is 2.68. The molecule has 4 heteroatoms. The minimum Gasteiger partial charge on any atom is -0.379 e. The van der Waals surface area contributed by atoms with E-state index in [0.717, 1.165) is 27.3 Å². The lowest BCUT2D eigenvalue weighted by molar-refractivity contribution is 1.19. The molecule has 1 aromatic carbocycles. The van der Waals surface area contributed by atoms with Gasteiger partial charge in [-0.15, -0.1) is 11.3 Å². The Balaban J connectivity index is 2.11. The van der Waals surface area contributed by atoms with Gasteiger partial charge in [0.2, 0.25) is 0 Å². The fourth-order valence-corrected chi connectivity index (χ4v) is 3.14. The smallest absolute Gasteiger partial charge is 0.0502 e. The highest BCUT2D eigenvalue weighted by molar-refractivity contribution is 9.10. The first-order valence-electron chi connectivity index (χ1n) is 5.31. The summed E-state index contributed by atoms with van der Waals surface area (Å²) in [5, 5.41) is 4.18. The molecule has 0 aliphatic rings. The first-order valence-corrected chi connectivity index (χ1v) is 7.30. The minimum atomic E-state index is 0.790. The lowest BCUT2D eigenvalue weighted by atomic mass is 10.2. The molecule has 0 aliphatic heterocycles. The highest BCUT2D eigenvalue weighted by atomic mass is 79.9. The summed E-state index contributed by atoms with van der Waals surface area (Å²) in [4.78, 5) is 2.66. The molecular formula is C13H13BrClNS. The van der Waals surface area contributed by atoms with Crippen molar-refractivity contribution in [2.24, 2.45) is 0 Å². The monoisotopic (exact) mass is 329 g/mol. The van der Waals surface area contributed by atoms with E-state index in [1.807, 2.05) is 30.4 Å². The fourth-order valence-electron chi connectivity index (χ4n) is 1.54. The van der Waals surface area contributed by atoms with Gasteiger partial charge in [-0.3, -0.25) is 0 Å². The molecule has 0 radical (unpaired) electrons. The average molecular weight is 331 g/mol. The van der Waals surface area contributed by atoms with Crippen LogP contribution in [0.15, 0.2) is 28.7 Å². The Morgan fingerprint density at radius 3 is 2.71 bits per heavy atom. The van der Waals surface area contributed by atoms with Crippen LogP contribution in [0.2, 0.25) is 5.02 Å². The van der Waals surface area contributed by atoms with Crippen LogP contribution in [0.5, 0.6) is 0 Å². The van der Waals surface area contributed by atoms with Crippen LogP contribution < -0.4 is 5.32 Å². The molecule has 0 spiro atoms. The maximum absolute atomic E-state index is 6.11. The van der Waals surface area contributed by atoms with Crippen LogP contribution in [0.4, 0.5) is 5.69 Å². The Labute approximate surface area is 119 Å². The minimum absolute atomic E-state index is 0.790. The second kappa shape index (κ2) is 5.42.